The van der Waals surface area contributed by atoms with Crippen molar-refractivity contribution < 1.29 is 0 Å². The molecule has 0 aliphatic carbocycles. The quantitative estimate of drug-likeness (QED) is 0.0760. The molecule has 0 unspecified atom stereocenters. The summed E-state index contributed by atoms with van der Waals surface area (Å²) in [4.78, 5) is 4.60. The third-order valence-corrected chi connectivity index (χ3v) is 29.9. The Bertz CT molecular complexity index is 9160. The van der Waals surface area contributed by atoms with E-state index in [1.165, 1.54) is 198 Å². The van der Waals surface area contributed by atoms with Crippen molar-refractivity contribution in [2.75, 3.05) is 9.80 Å². The van der Waals surface area contributed by atoms with E-state index < -0.39 is 0 Å². The van der Waals surface area contributed by atoms with Gasteiger partial charge in [-0.05, 0) is 282 Å². The van der Waals surface area contributed by atoms with E-state index in [1.807, 2.05) is 0 Å². The molecule has 0 saturated heterocycles. The summed E-state index contributed by atoms with van der Waals surface area (Å²) in [5.74, 6) is 0. The molecule has 704 valence electrons. The zero-order valence-corrected chi connectivity index (χ0v) is 82.3. The molecule has 6 nitrogen and oxygen atoms in total. The van der Waals surface area contributed by atoms with Crippen LogP contribution in [0.3, 0.4) is 0 Å². The number of hydrogen-bond donors (Lipinski definition) is 0. The SMILES string of the molecule is c1ccc(-c2ccccc2-n2c3ccc(-c4ccc(-c5ccc(-n6c7ccccc7c7ccccc76)cc5)cc4)cc3c3cc(-c4ccc(-c5ccc(-n6c7ccccc7c7ccccc76)cc5)cc4)ccc32)cc1.c1ccc(-c2ccccc2-n2c3ccc(-c4ccc(-c5ccc(N(c6ccccc6)c6ccccc6)cc5)cc4)cc3c3cc(-c4ccc(-c5ccc(N(c6ccccc6)c6ccccc6)cc5)cc4)ccc32)cc1. The summed E-state index contributed by atoms with van der Waals surface area (Å²) in [6, 6.07) is 216. The Balaban J connectivity index is 0.000000148. The van der Waals surface area contributed by atoms with Crippen LogP contribution in [0.2, 0.25) is 0 Å². The average Bonchev–Trinajstić information content (AvgIpc) is 1.58. The average molecular weight is 1910 g/mol. The molecule has 0 fully saturated rings. The molecule has 0 aliphatic rings. The molecule has 0 saturated carbocycles. The number of aromatic nitrogens is 4. The van der Waals surface area contributed by atoms with Gasteiger partial charge < -0.3 is 28.1 Å². The Kier molecular flexibility index (Phi) is 22.9. The van der Waals surface area contributed by atoms with Crippen molar-refractivity contribution in [3.8, 4) is 134 Å². The topological polar surface area (TPSA) is 26.2 Å². The predicted octanol–water partition coefficient (Wildman–Crippen LogP) is 39.4. The van der Waals surface area contributed by atoms with E-state index in [2.05, 4.69) is 623 Å². The molecule has 28 rings (SSSR count). The lowest BCUT2D eigenvalue weighted by atomic mass is 9.97. The van der Waals surface area contributed by atoms with Gasteiger partial charge in [0.15, 0.2) is 0 Å². The number of para-hydroxylation sites is 10. The summed E-state index contributed by atoms with van der Waals surface area (Å²) >= 11 is 0. The van der Waals surface area contributed by atoms with Crippen LogP contribution in [0, 0.1) is 0 Å². The smallest absolute Gasteiger partial charge is 0.0541 e. The normalized spacial score (nSPS) is 11.5. The minimum absolute atomic E-state index is 1.11. The van der Waals surface area contributed by atoms with Crippen LogP contribution in [0.1, 0.15) is 0 Å². The van der Waals surface area contributed by atoms with Gasteiger partial charge in [0, 0.05) is 99.7 Å². The van der Waals surface area contributed by atoms with Crippen LogP contribution in [0.25, 0.3) is 221 Å². The summed E-state index contributed by atoms with van der Waals surface area (Å²) < 4.78 is 9.66. The van der Waals surface area contributed by atoms with Crippen LogP contribution >= 0.6 is 0 Å². The maximum absolute atomic E-state index is 2.46. The van der Waals surface area contributed by atoms with Gasteiger partial charge >= 0.3 is 0 Å². The highest BCUT2D eigenvalue weighted by atomic mass is 15.1. The molecule has 0 aliphatic heterocycles. The Morgan fingerprint density at radius 1 is 0.107 bits per heavy atom. The van der Waals surface area contributed by atoms with Crippen LogP contribution in [0.4, 0.5) is 34.1 Å². The molecule has 6 heteroatoms. The van der Waals surface area contributed by atoms with Crippen molar-refractivity contribution in [1.29, 1.82) is 0 Å². The van der Waals surface area contributed by atoms with Crippen molar-refractivity contribution >= 4 is 121 Å². The highest BCUT2D eigenvalue weighted by molar-refractivity contribution is 6.15. The first-order valence-corrected chi connectivity index (χ1v) is 51.5. The third kappa shape index (κ3) is 16.5. The fourth-order valence-corrected chi connectivity index (χ4v) is 22.6. The number of benzene rings is 24. The number of anilines is 6. The molecule has 28 aromatic rings. The summed E-state index contributed by atoms with van der Waals surface area (Å²) in [7, 11) is 0. The number of fused-ring (bicyclic) bond motifs is 12. The van der Waals surface area contributed by atoms with Gasteiger partial charge in [-0.2, -0.15) is 0 Å². The summed E-state index contributed by atoms with van der Waals surface area (Å²) in [6.45, 7) is 0. The Hall–Kier alpha value is -19.9. The molecule has 4 aromatic heterocycles. The van der Waals surface area contributed by atoms with Crippen molar-refractivity contribution in [2.45, 2.75) is 0 Å². The van der Waals surface area contributed by atoms with Crippen LogP contribution in [0.15, 0.2) is 595 Å². The van der Waals surface area contributed by atoms with Crippen molar-refractivity contribution in [3.63, 3.8) is 0 Å². The van der Waals surface area contributed by atoms with Gasteiger partial charge in [-0.15, -0.1) is 0 Å². The second-order valence-electron chi connectivity index (χ2n) is 38.6. The van der Waals surface area contributed by atoms with E-state index >= 15 is 0 Å². The molecule has 150 heavy (non-hydrogen) atoms. The van der Waals surface area contributed by atoms with Crippen molar-refractivity contribution in [1.82, 2.24) is 18.3 Å². The van der Waals surface area contributed by atoms with Crippen molar-refractivity contribution in [2.24, 2.45) is 0 Å². The first kappa shape index (κ1) is 89.0. The molecular formula is C144H98N6. The van der Waals surface area contributed by atoms with E-state index in [0.29, 0.717) is 0 Å². The first-order chi connectivity index (χ1) is 74.4. The van der Waals surface area contributed by atoms with Crippen molar-refractivity contribution in [3.05, 3.63) is 595 Å². The first-order valence-electron chi connectivity index (χ1n) is 51.5. The molecule has 0 amide bonds. The third-order valence-electron chi connectivity index (χ3n) is 29.9. The van der Waals surface area contributed by atoms with Gasteiger partial charge in [0.25, 0.3) is 0 Å². The summed E-state index contributed by atoms with van der Waals surface area (Å²) in [6.07, 6.45) is 0. The van der Waals surface area contributed by atoms with Crippen LogP contribution in [-0.2, 0) is 0 Å². The van der Waals surface area contributed by atoms with Gasteiger partial charge in [0.1, 0.15) is 0 Å². The summed E-state index contributed by atoms with van der Waals surface area (Å²) in [5.41, 5.74) is 44.6. The van der Waals surface area contributed by atoms with Crippen LogP contribution in [-0.4, -0.2) is 18.3 Å². The Labute approximate surface area is 871 Å². The van der Waals surface area contributed by atoms with Gasteiger partial charge in [0.2, 0.25) is 0 Å². The van der Waals surface area contributed by atoms with E-state index in [0.717, 1.165) is 56.9 Å². The van der Waals surface area contributed by atoms with Gasteiger partial charge in [0.05, 0.1) is 55.5 Å². The highest BCUT2D eigenvalue weighted by Crippen LogP contribution is 2.47. The monoisotopic (exact) mass is 1910 g/mol. The molecule has 0 radical (unpaired) electrons. The van der Waals surface area contributed by atoms with Crippen LogP contribution < -0.4 is 9.80 Å². The molecule has 0 bridgehead atoms. The largest absolute Gasteiger partial charge is 0.311 e. The maximum atomic E-state index is 2.46. The van der Waals surface area contributed by atoms with Gasteiger partial charge in [-0.1, -0.05) is 413 Å². The van der Waals surface area contributed by atoms with Gasteiger partial charge in [-0.3, -0.25) is 0 Å². The zero-order chi connectivity index (χ0) is 99.3. The van der Waals surface area contributed by atoms with E-state index in [4.69, 9.17) is 0 Å². The van der Waals surface area contributed by atoms with Gasteiger partial charge in [-0.25, -0.2) is 0 Å². The standard InChI is InChI=1S/C72H47N3.C72H51N3/c1-2-14-54(15-3-1)59-16-4-9-21-66(59)75-71-44-38-55(52-30-26-48(27-31-52)50-34-40-57(41-35-50)73-67-22-10-5-17-60(67)61-18-6-11-23-68(61)73)46-64(71)65-47-56(39-45-72(65)75)53-32-28-49(29-33-53)51-36-42-58(43-37-51)74-69-24-12-7-19-62(69)63-20-8-13-25-70(63)74;1-6-18-58(19-7-1)67-28-16-17-29-70(67)75-71-48-42-59(56-34-30-52(31-35-56)54-38-44-65(45-39-54)73(61-20-8-2-9-21-61)62-22-10-3-11-23-62)50-68(71)69-51-60(43-49-72(69)75)57-36-32-53(33-37-57)55-40-46-66(47-41-55)74(63-24-12-4-13-25-63)64-26-14-5-15-27-64/h1-47H;1-51H. The minimum Gasteiger partial charge on any atom is -0.311 e. The predicted molar refractivity (Wildman–Crippen MR) is 634 cm³/mol. The Morgan fingerprint density at radius 2 is 0.280 bits per heavy atom. The second-order valence-corrected chi connectivity index (χ2v) is 38.6. The molecule has 0 atom stereocenters. The van der Waals surface area contributed by atoms with Crippen LogP contribution in [0.5, 0.6) is 0 Å². The lowest BCUT2D eigenvalue weighted by molar-refractivity contribution is 1.18. The molecule has 24 aromatic carbocycles. The lowest BCUT2D eigenvalue weighted by Crippen LogP contribution is -2.09. The molecule has 0 spiro atoms. The number of rotatable bonds is 20. The number of nitrogens with zero attached hydrogens (tertiary/aromatic N) is 6. The minimum atomic E-state index is 1.11. The van der Waals surface area contributed by atoms with E-state index in [9.17, 15) is 0 Å². The maximum Gasteiger partial charge on any atom is 0.0541 e. The lowest BCUT2D eigenvalue weighted by Gasteiger charge is -2.25. The molecule has 4 heterocycles. The Morgan fingerprint density at radius 3 is 0.527 bits per heavy atom. The van der Waals surface area contributed by atoms with E-state index in [1.54, 1.807) is 0 Å². The second kappa shape index (κ2) is 38.6. The zero-order valence-electron chi connectivity index (χ0n) is 82.3. The molecule has 0 N–H and O–H groups in total. The fraction of sp³-hybridized carbons (Fsp3) is 0. The molecular weight excluding hydrogens is 1810 g/mol. The van der Waals surface area contributed by atoms with E-state index in [-0.39, 0.29) is 0 Å². The number of hydrogen-bond acceptors (Lipinski definition) is 2. The fourth-order valence-electron chi connectivity index (χ4n) is 22.6. The highest BCUT2D eigenvalue weighted by Gasteiger charge is 2.25. The summed E-state index contributed by atoms with van der Waals surface area (Å²) in [5, 5.41) is 9.95.